The van der Waals surface area contributed by atoms with Gasteiger partial charge in [0.2, 0.25) is 5.91 Å². The summed E-state index contributed by atoms with van der Waals surface area (Å²) in [7, 11) is 3.01. The van der Waals surface area contributed by atoms with E-state index in [4.69, 9.17) is 15.2 Å². The van der Waals surface area contributed by atoms with Crippen molar-refractivity contribution in [1.29, 1.82) is 0 Å². The molecule has 0 fully saturated rings. The zero-order valence-electron chi connectivity index (χ0n) is 23.0. The van der Waals surface area contributed by atoms with Crippen LogP contribution in [-0.4, -0.2) is 64.7 Å². The van der Waals surface area contributed by atoms with Gasteiger partial charge in [0.1, 0.15) is 5.82 Å². The second kappa shape index (κ2) is 13.4. The van der Waals surface area contributed by atoms with Gasteiger partial charge in [-0.2, -0.15) is 0 Å². The molecule has 0 aliphatic rings. The number of hydrogen-bond donors (Lipinski definition) is 2. The highest BCUT2D eigenvalue weighted by Crippen LogP contribution is 2.24. The fraction of sp³-hybridized carbons (Fsp3) is 0.321. The first-order chi connectivity index (χ1) is 19.8. The van der Waals surface area contributed by atoms with Crippen molar-refractivity contribution >= 4 is 40.1 Å². The summed E-state index contributed by atoms with van der Waals surface area (Å²) >= 11 is 1.06. The number of nitrogens with one attached hydrogen (secondary N) is 1. The van der Waals surface area contributed by atoms with Crippen LogP contribution in [0.25, 0.3) is 10.9 Å². The van der Waals surface area contributed by atoms with Crippen LogP contribution in [0.2, 0.25) is 0 Å². The van der Waals surface area contributed by atoms with Gasteiger partial charge in [-0.05, 0) is 24.6 Å². The van der Waals surface area contributed by atoms with Crippen LogP contribution in [-0.2, 0) is 20.8 Å². The number of H-pyrrole nitrogens is 1. The van der Waals surface area contributed by atoms with Gasteiger partial charge in [-0.1, -0.05) is 54.2 Å². The maximum absolute atomic E-state index is 13.7. The SMILES string of the molecule is COCCN(C(=O)CSc1nc2ccccc2c(=O)n1[C@H](C)COC)c1c(N)n(Cc2ccccc2)c(=O)[nH]c1=O. The first kappa shape index (κ1) is 29.8. The van der Waals surface area contributed by atoms with E-state index in [1.165, 1.54) is 21.1 Å². The number of carbonyl (C=O) groups is 1. The number of anilines is 2. The van der Waals surface area contributed by atoms with E-state index < -0.39 is 17.2 Å². The van der Waals surface area contributed by atoms with Crippen LogP contribution in [0.5, 0.6) is 0 Å². The molecule has 3 N–H and O–H groups in total. The molecule has 41 heavy (non-hydrogen) atoms. The summed E-state index contributed by atoms with van der Waals surface area (Å²) in [6, 6.07) is 15.8. The third-order valence-corrected chi connectivity index (χ3v) is 7.37. The Hall–Kier alpha value is -4.20. The summed E-state index contributed by atoms with van der Waals surface area (Å²) in [5.41, 5.74) is 5.76. The molecular weight excluding hydrogens is 548 g/mol. The molecule has 1 atom stereocenters. The molecule has 0 bridgehead atoms. The topological polar surface area (TPSA) is 155 Å². The summed E-state index contributed by atoms with van der Waals surface area (Å²) in [5.74, 6) is -0.806. The summed E-state index contributed by atoms with van der Waals surface area (Å²) in [4.78, 5) is 60.8. The number of benzene rings is 2. The number of rotatable bonds is 12. The van der Waals surface area contributed by atoms with Gasteiger partial charge < -0.3 is 20.1 Å². The fourth-order valence-corrected chi connectivity index (χ4v) is 5.41. The highest BCUT2D eigenvalue weighted by Gasteiger charge is 2.26. The molecule has 0 saturated carbocycles. The molecule has 0 unspecified atom stereocenters. The molecular formula is C28H32N6O6S. The number of para-hydroxylation sites is 1. The second-order valence-corrected chi connectivity index (χ2v) is 10.2. The van der Waals surface area contributed by atoms with E-state index in [1.54, 1.807) is 31.4 Å². The number of nitrogen functional groups attached to an aromatic ring is 1. The van der Waals surface area contributed by atoms with Crippen molar-refractivity contribution in [1.82, 2.24) is 19.1 Å². The van der Waals surface area contributed by atoms with Gasteiger partial charge in [-0.25, -0.2) is 9.78 Å². The number of fused-ring (bicyclic) bond motifs is 1. The molecule has 0 spiro atoms. The Labute approximate surface area is 239 Å². The largest absolute Gasteiger partial charge is 0.383 e. The molecule has 0 radical (unpaired) electrons. The Bertz CT molecular complexity index is 1700. The number of ether oxygens (including phenoxy) is 2. The average Bonchev–Trinajstić information content (AvgIpc) is 2.96. The van der Waals surface area contributed by atoms with E-state index in [0.29, 0.717) is 16.1 Å². The van der Waals surface area contributed by atoms with Crippen molar-refractivity contribution in [3.63, 3.8) is 0 Å². The van der Waals surface area contributed by atoms with Crippen LogP contribution in [0.15, 0.2) is 74.1 Å². The first-order valence-corrected chi connectivity index (χ1v) is 13.8. The lowest BCUT2D eigenvalue weighted by atomic mass is 10.2. The van der Waals surface area contributed by atoms with E-state index in [2.05, 4.69) is 9.97 Å². The Morgan fingerprint density at radius 3 is 2.49 bits per heavy atom. The number of thioether (sulfide) groups is 1. The van der Waals surface area contributed by atoms with E-state index >= 15 is 0 Å². The fourth-order valence-electron chi connectivity index (χ4n) is 4.44. The van der Waals surface area contributed by atoms with Crippen molar-refractivity contribution in [3.05, 3.63) is 91.4 Å². The van der Waals surface area contributed by atoms with E-state index in [9.17, 15) is 19.2 Å². The number of nitrogens with zero attached hydrogens (tertiary/aromatic N) is 4. The predicted octanol–water partition coefficient (Wildman–Crippen LogP) is 1.86. The highest BCUT2D eigenvalue weighted by atomic mass is 32.2. The van der Waals surface area contributed by atoms with Crippen molar-refractivity contribution in [2.75, 3.05) is 50.4 Å². The number of hydrogen-bond acceptors (Lipinski definition) is 9. The predicted molar refractivity (Wildman–Crippen MR) is 159 cm³/mol. The molecule has 13 heteroatoms. The number of carbonyl (C=O) groups excluding carboxylic acids is 1. The maximum Gasteiger partial charge on any atom is 0.330 e. The number of aromatic nitrogens is 4. The zero-order chi connectivity index (χ0) is 29.5. The second-order valence-electron chi connectivity index (χ2n) is 9.28. The third-order valence-electron chi connectivity index (χ3n) is 6.44. The minimum absolute atomic E-state index is 0.00471. The van der Waals surface area contributed by atoms with Crippen molar-refractivity contribution in [2.45, 2.75) is 24.7 Å². The standard InChI is InChI=1S/C28H32N6O6S/c1-18(16-40-3)34-26(37)20-11-7-8-12-21(20)30-28(34)41-17-22(35)32(13-14-39-2)23-24(29)33(27(38)31-25(23)36)15-19-9-5-4-6-10-19/h4-12,18H,13-17,29H2,1-3H3,(H,31,36,38)/t18-/m1/s1. The van der Waals surface area contributed by atoms with Gasteiger partial charge in [-0.15, -0.1) is 0 Å². The van der Waals surface area contributed by atoms with Gasteiger partial charge in [0.05, 0.1) is 42.5 Å². The van der Waals surface area contributed by atoms with E-state index in [-0.39, 0.29) is 55.2 Å². The van der Waals surface area contributed by atoms with E-state index in [1.807, 2.05) is 37.3 Å². The number of nitrogens with two attached hydrogens (primary N) is 1. The van der Waals surface area contributed by atoms with Crippen LogP contribution < -0.4 is 27.4 Å². The van der Waals surface area contributed by atoms with Gasteiger partial charge in [0.25, 0.3) is 11.1 Å². The Balaban J connectivity index is 1.70. The van der Waals surface area contributed by atoms with Gasteiger partial charge >= 0.3 is 5.69 Å². The van der Waals surface area contributed by atoms with Crippen LogP contribution in [0.4, 0.5) is 11.5 Å². The first-order valence-electron chi connectivity index (χ1n) is 12.9. The van der Waals surface area contributed by atoms with Gasteiger partial charge in [-0.3, -0.25) is 28.5 Å². The molecule has 2 aromatic carbocycles. The molecule has 0 saturated heterocycles. The lowest BCUT2D eigenvalue weighted by Crippen LogP contribution is -2.43. The number of amides is 1. The Morgan fingerprint density at radius 2 is 1.78 bits per heavy atom. The molecule has 0 aliphatic heterocycles. The third kappa shape index (κ3) is 6.59. The van der Waals surface area contributed by atoms with Crippen molar-refractivity contribution in [3.8, 4) is 0 Å². The Morgan fingerprint density at radius 1 is 1.07 bits per heavy atom. The number of aromatic amines is 1. The maximum atomic E-state index is 13.7. The molecule has 2 heterocycles. The van der Waals surface area contributed by atoms with Gasteiger partial charge in [0.15, 0.2) is 10.8 Å². The molecule has 4 aromatic rings. The normalized spacial score (nSPS) is 12.0. The lowest BCUT2D eigenvalue weighted by molar-refractivity contribution is -0.116. The van der Waals surface area contributed by atoms with E-state index in [0.717, 1.165) is 17.3 Å². The van der Waals surface area contributed by atoms with Crippen molar-refractivity contribution in [2.24, 2.45) is 0 Å². The monoisotopic (exact) mass is 580 g/mol. The smallest absolute Gasteiger partial charge is 0.330 e. The minimum atomic E-state index is -0.791. The van der Waals surface area contributed by atoms with Gasteiger partial charge in [0, 0.05) is 20.8 Å². The van der Waals surface area contributed by atoms with Crippen molar-refractivity contribution < 1.29 is 14.3 Å². The molecule has 216 valence electrons. The number of methoxy groups -OCH3 is 2. The van der Waals surface area contributed by atoms with Crippen LogP contribution >= 0.6 is 11.8 Å². The molecule has 1 amide bonds. The molecule has 0 aliphatic carbocycles. The summed E-state index contributed by atoms with van der Waals surface area (Å²) in [6.07, 6.45) is 0. The Kier molecular flexibility index (Phi) is 9.76. The molecule has 12 nitrogen and oxygen atoms in total. The van der Waals surface area contributed by atoms with Crippen LogP contribution in [0, 0.1) is 0 Å². The summed E-state index contributed by atoms with van der Waals surface area (Å²) in [5, 5.41) is 0.780. The zero-order valence-corrected chi connectivity index (χ0v) is 23.8. The van der Waals surface area contributed by atoms with Crippen LogP contribution in [0.3, 0.4) is 0 Å². The molecule has 4 rings (SSSR count). The minimum Gasteiger partial charge on any atom is -0.383 e. The molecule has 2 aromatic heterocycles. The van der Waals surface area contributed by atoms with Crippen LogP contribution in [0.1, 0.15) is 18.5 Å². The quantitative estimate of drug-likeness (QED) is 0.189. The summed E-state index contributed by atoms with van der Waals surface area (Å²) in [6.45, 7) is 2.30. The lowest BCUT2D eigenvalue weighted by Gasteiger charge is -2.25. The average molecular weight is 581 g/mol. The summed E-state index contributed by atoms with van der Waals surface area (Å²) < 4.78 is 13.2. The highest BCUT2D eigenvalue weighted by molar-refractivity contribution is 7.99.